The highest BCUT2D eigenvalue weighted by Gasteiger charge is 2.09. The summed E-state index contributed by atoms with van der Waals surface area (Å²) in [5.74, 6) is 0.422. The summed E-state index contributed by atoms with van der Waals surface area (Å²) in [5.41, 5.74) is 0. The summed E-state index contributed by atoms with van der Waals surface area (Å²) in [7, 11) is 0. The lowest BCUT2D eigenvalue weighted by atomic mass is 9.99. The van der Waals surface area contributed by atoms with Gasteiger partial charge in [-0.3, -0.25) is 0 Å². The van der Waals surface area contributed by atoms with Crippen molar-refractivity contribution in [2.75, 3.05) is 39.6 Å². The first-order chi connectivity index (χ1) is 10.8. The molecule has 0 rings (SSSR count). The van der Waals surface area contributed by atoms with Crippen molar-refractivity contribution < 1.29 is 14.2 Å². The summed E-state index contributed by atoms with van der Waals surface area (Å²) < 4.78 is 16.2. The topological polar surface area (TPSA) is 99.1 Å². The number of hydrogen-bond acceptors (Lipinski definition) is 6. The molecule has 0 radical (unpaired) electrons. The molecule has 0 aliphatic heterocycles. The third-order valence-electron chi connectivity index (χ3n) is 3.09. The zero-order valence-corrected chi connectivity index (χ0v) is 13.1. The predicted molar refractivity (Wildman–Crippen MR) is 80.5 cm³/mol. The highest BCUT2D eigenvalue weighted by molar-refractivity contribution is 4.69. The molecule has 0 aromatic heterocycles. The highest BCUT2D eigenvalue weighted by Crippen LogP contribution is 2.14. The van der Waals surface area contributed by atoms with Gasteiger partial charge in [0.25, 0.3) is 0 Å². The van der Waals surface area contributed by atoms with Gasteiger partial charge in [-0.25, -0.2) is 0 Å². The minimum absolute atomic E-state index is 0.416. The monoisotopic (exact) mass is 307 g/mol. The average Bonchev–Trinajstić information content (AvgIpc) is 2.53. The van der Waals surface area contributed by atoms with Crippen LogP contribution in [-0.2, 0) is 14.2 Å². The van der Waals surface area contributed by atoms with Gasteiger partial charge in [-0.2, -0.15) is 15.8 Å². The predicted octanol–water partition coefficient (Wildman–Crippen LogP) is 2.56. The lowest BCUT2D eigenvalue weighted by Crippen LogP contribution is -2.12. The van der Waals surface area contributed by atoms with E-state index >= 15 is 0 Å². The molecule has 6 heteroatoms. The van der Waals surface area contributed by atoms with Crippen LogP contribution in [0.25, 0.3) is 0 Å². The molecule has 0 aromatic rings. The molecule has 0 amide bonds. The molecule has 0 heterocycles. The Kier molecular flexibility index (Phi) is 16.1. The summed E-state index contributed by atoms with van der Waals surface area (Å²) in [6, 6.07) is 6.14. The molecule has 0 unspecified atom stereocenters. The minimum Gasteiger partial charge on any atom is -0.380 e. The van der Waals surface area contributed by atoms with E-state index < -0.39 is 0 Å². The van der Waals surface area contributed by atoms with Crippen LogP contribution in [-0.4, -0.2) is 39.6 Å². The lowest BCUT2D eigenvalue weighted by Gasteiger charge is -2.17. The van der Waals surface area contributed by atoms with Crippen molar-refractivity contribution in [1.29, 1.82) is 15.8 Å². The van der Waals surface area contributed by atoms with Crippen LogP contribution in [0.5, 0.6) is 0 Å². The lowest BCUT2D eigenvalue weighted by molar-refractivity contribution is 0.0795. The van der Waals surface area contributed by atoms with Gasteiger partial charge in [0, 0.05) is 19.8 Å². The van der Waals surface area contributed by atoms with Crippen LogP contribution in [0.15, 0.2) is 0 Å². The summed E-state index contributed by atoms with van der Waals surface area (Å²) in [5, 5.41) is 25.3. The maximum atomic E-state index is 8.44. The van der Waals surface area contributed by atoms with E-state index in [0.29, 0.717) is 64.8 Å². The molecule has 0 saturated carbocycles. The quantitative estimate of drug-likeness (QED) is 0.431. The molecule has 0 atom stereocenters. The van der Waals surface area contributed by atoms with E-state index in [1.807, 2.05) is 18.2 Å². The third-order valence-corrected chi connectivity index (χ3v) is 3.09. The smallest absolute Gasteiger partial charge is 0.0645 e. The van der Waals surface area contributed by atoms with E-state index in [9.17, 15) is 0 Å². The fourth-order valence-electron chi connectivity index (χ4n) is 1.84. The molecule has 0 aromatic carbocycles. The summed E-state index contributed by atoms with van der Waals surface area (Å²) >= 11 is 0. The number of ether oxygens (including phenoxy) is 3. The Balaban J connectivity index is 3.80. The standard InChI is InChI=1S/C16H25N3O3/c17-7-1-10-20-13-4-16(5-14-21-11-2-8-18)6-15-22-12-3-9-19/h16H,1-6,10-15H2. The van der Waals surface area contributed by atoms with Gasteiger partial charge in [-0.15, -0.1) is 0 Å². The second-order valence-electron chi connectivity index (χ2n) is 4.79. The van der Waals surface area contributed by atoms with Crippen molar-refractivity contribution in [1.82, 2.24) is 0 Å². The Labute approximate surface area is 133 Å². The van der Waals surface area contributed by atoms with Gasteiger partial charge in [-0.1, -0.05) is 0 Å². The van der Waals surface area contributed by atoms with Crippen molar-refractivity contribution in [3.05, 3.63) is 0 Å². The molecule has 0 bridgehead atoms. The van der Waals surface area contributed by atoms with Crippen LogP contribution in [0, 0.1) is 39.9 Å². The second-order valence-corrected chi connectivity index (χ2v) is 4.79. The summed E-state index contributed by atoms with van der Waals surface area (Å²) in [4.78, 5) is 0. The number of nitriles is 3. The first-order valence-electron chi connectivity index (χ1n) is 7.69. The number of nitrogens with zero attached hydrogens (tertiary/aromatic N) is 3. The van der Waals surface area contributed by atoms with Gasteiger partial charge in [0.1, 0.15) is 0 Å². The summed E-state index contributed by atoms with van der Waals surface area (Å²) in [6.07, 6.45) is 3.94. The molecule has 6 nitrogen and oxygen atoms in total. The largest absolute Gasteiger partial charge is 0.380 e. The van der Waals surface area contributed by atoms with Crippen LogP contribution < -0.4 is 0 Å². The normalized spacial score (nSPS) is 10.1. The Morgan fingerprint density at radius 2 is 0.864 bits per heavy atom. The maximum Gasteiger partial charge on any atom is 0.0645 e. The molecular formula is C16H25N3O3. The van der Waals surface area contributed by atoms with Gasteiger partial charge >= 0.3 is 0 Å². The van der Waals surface area contributed by atoms with Crippen LogP contribution in [0.3, 0.4) is 0 Å². The van der Waals surface area contributed by atoms with Crippen molar-refractivity contribution in [2.45, 2.75) is 38.5 Å². The van der Waals surface area contributed by atoms with E-state index in [1.54, 1.807) is 0 Å². The molecule has 0 aliphatic carbocycles. The number of rotatable bonds is 15. The fourth-order valence-corrected chi connectivity index (χ4v) is 1.84. The van der Waals surface area contributed by atoms with Crippen LogP contribution in [0.2, 0.25) is 0 Å². The minimum atomic E-state index is 0.416. The van der Waals surface area contributed by atoms with Gasteiger partial charge in [0.05, 0.1) is 57.3 Å². The highest BCUT2D eigenvalue weighted by atomic mass is 16.5. The van der Waals surface area contributed by atoms with Crippen LogP contribution in [0.4, 0.5) is 0 Å². The molecule has 0 spiro atoms. The van der Waals surface area contributed by atoms with Crippen LogP contribution >= 0.6 is 0 Å². The van der Waals surface area contributed by atoms with Crippen molar-refractivity contribution in [3.63, 3.8) is 0 Å². The molecule has 0 aliphatic rings. The Morgan fingerprint density at radius 1 is 0.545 bits per heavy atom. The first kappa shape index (κ1) is 20.3. The average molecular weight is 307 g/mol. The zero-order chi connectivity index (χ0) is 16.3. The Hall–Kier alpha value is -1.65. The molecule has 0 fully saturated rings. The van der Waals surface area contributed by atoms with E-state index in [4.69, 9.17) is 30.0 Å². The second kappa shape index (κ2) is 17.4. The van der Waals surface area contributed by atoms with Gasteiger partial charge < -0.3 is 14.2 Å². The maximum absolute atomic E-state index is 8.44. The van der Waals surface area contributed by atoms with E-state index in [0.717, 1.165) is 19.3 Å². The van der Waals surface area contributed by atoms with Crippen molar-refractivity contribution >= 4 is 0 Å². The van der Waals surface area contributed by atoms with E-state index in [2.05, 4.69) is 0 Å². The number of hydrogen-bond donors (Lipinski definition) is 0. The molecule has 0 N–H and O–H groups in total. The molecule has 22 heavy (non-hydrogen) atoms. The third kappa shape index (κ3) is 14.8. The van der Waals surface area contributed by atoms with Crippen LogP contribution in [0.1, 0.15) is 38.5 Å². The SMILES string of the molecule is N#CCCOCCC(CCOCCC#N)CCOCCC#N. The Bertz CT molecular complexity index is 311. The summed E-state index contributed by atoms with van der Waals surface area (Å²) in [6.45, 7) is 3.30. The van der Waals surface area contributed by atoms with E-state index in [-0.39, 0.29) is 0 Å². The fraction of sp³-hybridized carbons (Fsp3) is 0.812. The molecular weight excluding hydrogens is 282 g/mol. The zero-order valence-electron chi connectivity index (χ0n) is 13.1. The van der Waals surface area contributed by atoms with Gasteiger partial charge in [0.15, 0.2) is 0 Å². The van der Waals surface area contributed by atoms with Crippen molar-refractivity contribution in [3.8, 4) is 18.2 Å². The molecule has 122 valence electrons. The van der Waals surface area contributed by atoms with Crippen molar-refractivity contribution in [2.24, 2.45) is 5.92 Å². The first-order valence-corrected chi connectivity index (χ1v) is 7.69. The Morgan fingerprint density at radius 3 is 1.14 bits per heavy atom. The molecule has 0 saturated heterocycles. The van der Waals surface area contributed by atoms with Gasteiger partial charge in [-0.05, 0) is 25.2 Å². The van der Waals surface area contributed by atoms with E-state index in [1.165, 1.54) is 0 Å². The van der Waals surface area contributed by atoms with Gasteiger partial charge in [0.2, 0.25) is 0 Å².